The van der Waals surface area contributed by atoms with Crippen LogP contribution in [0.3, 0.4) is 0 Å². The van der Waals surface area contributed by atoms with Gasteiger partial charge < -0.3 is 15.2 Å². The van der Waals surface area contributed by atoms with Crippen molar-refractivity contribution in [3.8, 4) is 5.75 Å². The summed E-state index contributed by atoms with van der Waals surface area (Å²) in [5.41, 5.74) is 0.462. The monoisotopic (exact) mass is 403 g/mol. The van der Waals surface area contributed by atoms with E-state index in [4.69, 9.17) is 27.9 Å². The van der Waals surface area contributed by atoms with Crippen molar-refractivity contribution in [3.05, 3.63) is 70.2 Å². The summed E-state index contributed by atoms with van der Waals surface area (Å²) in [6, 6.07) is 17.1. The van der Waals surface area contributed by atoms with Gasteiger partial charge in [0.15, 0.2) is 0 Å². The van der Waals surface area contributed by atoms with Crippen LogP contribution in [0.1, 0.15) is 23.2 Å². The molecule has 140 valence electrons. The lowest BCUT2D eigenvalue weighted by molar-refractivity contribution is 0.0698. The Morgan fingerprint density at radius 3 is 2.56 bits per heavy atom. The highest BCUT2D eigenvalue weighted by atomic mass is 35.5. The fraction of sp³-hybridized carbons (Fsp3) is 0.190. The SMILES string of the molecule is O=C(O)c1cc(Cl)cc(Cl)c1NCCCCOc1ccc2ccccc2c1. The standard InChI is InChI=1S/C21H19Cl2NO3/c22-16-12-18(21(25)26)20(19(23)13-16)24-9-3-4-10-27-17-8-7-14-5-1-2-6-15(14)11-17/h1-2,5-8,11-13,24H,3-4,9-10H2,(H,25,26). The first kappa shape index (κ1) is 19.3. The predicted molar refractivity (Wildman–Crippen MR) is 111 cm³/mol. The highest BCUT2D eigenvalue weighted by molar-refractivity contribution is 6.37. The van der Waals surface area contributed by atoms with Crippen LogP contribution >= 0.6 is 23.2 Å². The summed E-state index contributed by atoms with van der Waals surface area (Å²) < 4.78 is 5.80. The maximum absolute atomic E-state index is 11.3. The average molecular weight is 404 g/mol. The van der Waals surface area contributed by atoms with E-state index in [1.807, 2.05) is 30.3 Å². The van der Waals surface area contributed by atoms with E-state index in [0.29, 0.717) is 28.9 Å². The topological polar surface area (TPSA) is 58.6 Å². The Bertz CT molecular complexity index is 959. The Labute approximate surface area is 167 Å². The molecule has 0 atom stereocenters. The molecule has 3 aromatic carbocycles. The summed E-state index contributed by atoms with van der Waals surface area (Å²) in [7, 11) is 0. The summed E-state index contributed by atoms with van der Waals surface area (Å²) in [5.74, 6) is -0.225. The number of carbonyl (C=O) groups is 1. The van der Waals surface area contributed by atoms with Crippen LogP contribution < -0.4 is 10.1 Å². The van der Waals surface area contributed by atoms with Crippen LogP contribution in [0.2, 0.25) is 10.0 Å². The molecule has 0 heterocycles. The Hall–Kier alpha value is -2.43. The van der Waals surface area contributed by atoms with Gasteiger partial charge in [0.1, 0.15) is 5.75 Å². The fourth-order valence-corrected chi connectivity index (χ4v) is 3.37. The summed E-state index contributed by atoms with van der Waals surface area (Å²) in [6.07, 6.45) is 1.64. The lowest BCUT2D eigenvalue weighted by Gasteiger charge is -2.12. The van der Waals surface area contributed by atoms with Gasteiger partial charge in [-0.05, 0) is 47.9 Å². The van der Waals surface area contributed by atoms with Crippen LogP contribution in [-0.4, -0.2) is 24.2 Å². The predicted octanol–water partition coefficient (Wildman–Crippen LogP) is 6.12. The van der Waals surface area contributed by atoms with Crippen LogP contribution in [0.15, 0.2) is 54.6 Å². The van der Waals surface area contributed by atoms with Gasteiger partial charge in [-0.15, -0.1) is 0 Å². The minimum absolute atomic E-state index is 0.0694. The molecule has 0 saturated heterocycles. The van der Waals surface area contributed by atoms with Gasteiger partial charge in [0.05, 0.1) is 22.9 Å². The van der Waals surface area contributed by atoms with E-state index in [-0.39, 0.29) is 5.56 Å². The van der Waals surface area contributed by atoms with E-state index in [9.17, 15) is 9.90 Å². The van der Waals surface area contributed by atoms with Crippen LogP contribution in [0.4, 0.5) is 5.69 Å². The molecule has 0 aliphatic carbocycles. The van der Waals surface area contributed by atoms with Crippen molar-refractivity contribution < 1.29 is 14.6 Å². The number of halogens is 2. The molecule has 6 heteroatoms. The minimum Gasteiger partial charge on any atom is -0.494 e. The van der Waals surface area contributed by atoms with Gasteiger partial charge in [-0.3, -0.25) is 0 Å². The number of anilines is 1. The number of nitrogens with one attached hydrogen (secondary N) is 1. The van der Waals surface area contributed by atoms with Gasteiger partial charge in [-0.1, -0.05) is 53.5 Å². The first-order valence-corrected chi connectivity index (χ1v) is 9.38. The molecule has 0 bridgehead atoms. The molecule has 0 spiro atoms. The molecule has 0 aromatic heterocycles. The molecule has 0 unspecified atom stereocenters. The number of rotatable bonds is 8. The van der Waals surface area contributed by atoms with E-state index >= 15 is 0 Å². The molecular weight excluding hydrogens is 385 g/mol. The van der Waals surface area contributed by atoms with Crippen LogP contribution in [0.25, 0.3) is 10.8 Å². The van der Waals surface area contributed by atoms with E-state index in [0.717, 1.165) is 24.0 Å². The summed E-state index contributed by atoms with van der Waals surface area (Å²) in [5, 5.41) is 15.3. The van der Waals surface area contributed by atoms with Gasteiger partial charge in [-0.25, -0.2) is 4.79 Å². The third kappa shape index (κ3) is 5.06. The van der Waals surface area contributed by atoms with Gasteiger partial charge in [0.25, 0.3) is 0 Å². The molecule has 0 amide bonds. The molecule has 0 aliphatic heterocycles. The third-order valence-electron chi connectivity index (χ3n) is 4.15. The zero-order valence-electron chi connectivity index (χ0n) is 14.5. The number of unbranched alkanes of at least 4 members (excludes halogenated alkanes) is 1. The first-order valence-electron chi connectivity index (χ1n) is 8.62. The average Bonchev–Trinajstić information content (AvgIpc) is 2.65. The Kier molecular flexibility index (Phi) is 6.43. The Balaban J connectivity index is 1.47. The van der Waals surface area contributed by atoms with Crippen molar-refractivity contribution in [2.24, 2.45) is 0 Å². The number of hydrogen-bond donors (Lipinski definition) is 2. The van der Waals surface area contributed by atoms with Gasteiger partial charge in [0, 0.05) is 11.6 Å². The van der Waals surface area contributed by atoms with Crippen molar-refractivity contribution in [3.63, 3.8) is 0 Å². The second-order valence-corrected chi connectivity index (χ2v) is 6.95. The van der Waals surface area contributed by atoms with Crippen molar-refractivity contribution in [1.82, 2.24) is 0 Å². The summed E-state index contributed by atoms with van der Waals surface area (Å²) in [6.45, 7) is 1.17. The largest absolute Gasteiger partial charge is 0.494 e. The molecule has 27 heavy (non-hydrogen) atoms. The Morgan fingerprint density at radius 1 is 1.00 bits per heavy atom. The minimum atomic E-state index is -1.07. The number of fused-ring (bicyclic) bond motifs is 1. The lowest BCUT2D eigenvalue weighted by atomic mass is 10.1. The lowest BCUT2D eigenvalue weighted by Crippen LogP contribution is -2.09. The van der Waals surface area contributed by atoms with Crippen molar-refractivity contribution in [2.45, 2.75) is 12.8 Å². The quantitative estimate of drug-likeness (QED) is 0.445. The molecule has 0 fully saturated rings. The molecule has 3 aromatic rings. The van der Waals surface area contributed by atoms with Crippen molar-refractivity contribution in [2.75, 3.05) is 18.5 Å². The second-order valence-electron chi connectivity index (χ2n) is 6.11. The zero-order valence-corrected chi connectivity index (χ0v) is 16.1. The number of hydrogen-bond acceptors (Lipinski definition) is 3. The molecule has 0 radical (unpaired) electrons. The Morgan fingerprint density at radius 2 is 1.78 bits per heavy atom. The van der Waals surface area contributed by atoms with Gasteiger partial charge >= 0.3 is 5.97 Å². The normalized spacial score (nSPS) is 10.7. The van der Waals surface area contributed by atoms with Crippen molar-refractivity contribution >= 4 is 45.6 Å². The number of ether oxygens (including phenoxy) is 1. The van der Waals surface area contributed by atoms with Crippen LogP contribution in [-0.2, 0) is 0 Å². The maximum Gasteiger partial charge on any atom is 0.337 e. The zero-order chi connectivity index (χ0) is 19.2. The molecule has 4 nitrogen and oxygen atoms in total. The van der Waals surface area contributed by atoms with Gasteiger partial charge in [-0.2, -0.15) is 0 Å². The van der Waals surface area contributed by atoms with E-state index in [1.54, 1.807) is 0 Å². The molecule has 0 saturated carbocycles. The van der Waals surface area contributed by atoms with E-state index in [1.165, 1.54) is 17.5 Å². The van der Waals surface area contributed by atoms with Gasteiger partial charge in [0.2, 0.25) is 0 Å². The van der Waals surface area contributed by atoms with Crippen LogP contribution in [0.5, 0.6) is 5.75 Å². The third-order valence-corrected chi connectivity index (χ3v) is 4.66. The second kappa shape index (κ2) is 8.98. The highest BCUT2D eigenvalue weighted by Gasteiger charge is 2.14. The number of carboxylic acids is 1. The number of aromatic carboxylic acids is 1. The fourth-order valence-electron chi connectivity index (χ4n) is 2.81. The molecule has 0 aliphatic rings. The van der Waals surface area contributed by atoms with Crippen LogP contribution in [0, 0.1) is 0 Å². The number of benzene rings is 3. The molecular formula is C21H19Cl2NO3. The maximum atomic E-state index is 11.3. The highest BCUT2D eigenvalue weighted by Crippen LogP contribution is 2.30. The number of carboxylic acid groups (broad SMARTS) is 1. The van der Waals surface area contributed by atoms with E-state index < -0.39 is 5.97 Å². The van der Waals surface area contributed by atoms with E-state index in [2.05, 4.69) is 17.4 Å². The van der Waals surface area contributed by atoms with Crippen molar-refractivity contribution in [1.29, 1.82) is 0 Å². The molecule has 3 rings (SSSR count). The first-order chi connectivity index (χ1) is 13.0. The molecule has 2 N–H and O–H groups in total. The summed E-state index contributed by atoms with van der Waals surface area (Å²) in [4.78, 5) is 11.3. The summed E-state index contributed by atoms with van der Waals surface area (Å²) >= 11 is 12.0. The smallest absolute Gasteiger partial charge is 0.337 e.